The average molecular weight is 199 g/mol. The van der Waals surface area contributed by atoms with E-state index >= 15 is 0 Å². The van der Waals surface area contributed by atoms with Gasteiger partial charge in [-0.3, -0.25) is 0 Å². The number of primary sulfonamides is 1. The first-order chi connectivity index (χ1) is 6.05. The summed E-state index contributed by atoms with van der Waals surface area (Å²) in [5, 5.41) is 4.95. The highest BCUT2D eigenvalue weighted by Crippen LogP contribution is 2.21. The molecular weight excluding hydrogens is 190 g/mol. The average Bonchev–Trinajstić information content (AvgIpc) is 2.04. The fourth-order valence-corrected chi connectivity index (χ4v) is 1.54. The Morgan fingerprint density at radius 3 is 2.54 bits per heavy atom. The fraction of sp³-hybridized carbons (Fsp3) is 0. The summed E-state index contributed by atoms with van der Waals surface area (Å²) in [7, 11) is -3.73. The molecule has 0 atom stereocenters. The second-order valence-corrected chi connectivity index (χ2v) is 3.81. The van der Waals surface area contributed by atoms with E-state index in [2.05, 4.69) is 6.58 Å². The Morgan fingerprint density at radius 1 is 1.38 bits per heavy atom. The topological polar surface area (TPSA) is 69.4 Å². The van der Waals surface area contributed by atoms with Gasteiger partial charge in [0, 0.05) is 0 Å². The molecule has 0 heterocycles. The normalized spacial score (nSPS) is 10.8. The molecule has 0 aliphatic rings. The lowest BCUT2D eigenvalue weighted by Crippen LogP contribution is -2.12. The minimum Gasteiger partial charge on any atom is -0.464 e. The van der Waals surface area contributed by atoms with Crippen LogP contribution in [0.15, 0.2) is 42.0 Å². The van der Waals surface area contributed by atoms with E-state index < -0.39 is 10.0 Å². The molecule has 0 aliphatic carbocycles. The molecule has 1 aromatic carbocycles. The molecule has 0 aliphatic heterocycles. The van der Waals surface area contributed by atoms with Gasteiger partial charge < -0.3 is 4.74 Å². The van der Waals surface area contributed by atoms with Crippen LogP contribution in [0.3, 0.4) is 0 Å². The summed E-state index contributed by atoms with van der Waals surface area (Å²) in [5.74, 6) is 0.181. The third-order valence-corrected chi connectivity index (χ3v) is 2.32. The third kappa shape index (κ3) is 2.30. The van der Waals surface area contributed by atoms with E-state index in [0.717, 1.165) is 6.26 Å². The minimum absolute atomic E-state index is 0.0464. The molecule has 0 unspecified atom stereocenters. The highest BCUT2D eigenvalue weighted by Gasteiger charge is 2.13. The standard InChI is InChI=1S/C8H9NO3S/c1-2-12-7-5-3-4-6-8(7)13(9,10)11/h2-6H,1H2,(H2,9,10,11). The van der Waals surface area contributed by atoms with Gasteiger partial charge in [0.15, 0.2) is 0 Å². The predicted molar refractivity (Wildman–Crippen MR) is 48.6 cm³/mol. The van der Waals surface area contributed by atoms with Crippen molar-refractivity contribution in [3.63, 3.8) is 0 Å². The lowest BCUT2D eigenvalue weighted by Gasteiger charge is -2.04. The zero-order valence-corrected chi connectivity index (χ0v) is 7.62. The van der Waals surface area contributed by atoms with Gasteiger partial charge in [-0.05, 0) is 12.1 Å². The smallest absolute Gasteiger partial charge is 0.241 e. The number of nitrogens with two attached hydrogens (primary N) is 1. The minimum atomic E-state index is -3.73. The molecule has 0 saturated heterocycles. The van der Waals surface area contributed by atoms with Crippen LogP contribution in [0.2, 0.25) is 0 Å². The van der Waals surface area contributed by atoms with Gasteiger partial charge in [-0.1, -0.05) is 18.7 Å². The van der Waals surface area contributed by atoms with Crippen LogP contribution < -0.4 is 9.88 Å². The summed E-state index contributed by atoms with van der Waals surface area (Å²) in [4.78, 5) is -0.0464. The summed E-state index contributed by atoms with van der Waals surface area (Å²) < 4.78 is 26.9. The maximum Gasteiger partial charge on any atom is 0.241 e. The van der Waals surface area contributed by atoms with Crippen LogP contribution in [0.4, 0.5) is 0 Å². The zero-order chi connectivity index (χ0) is 9.90. The number of ether oxygens (including phenoxy) is 1. The molecule has 0 spiro atoms. The van der Waals surface area contributed by atoms with Crippen molar-refractivity contribution in [3.05, 3.63) is 37.1 Å². The first-order valence-electron chi connectivity index (χ1n) is 3.45. The summed E-state index contributed by atoms with van der Waals surface area (Å²) in [5.41, 5.74) is 0. The van der Waals surface area contributed by atoms with Crippen LogP contribution >= 0.6 is 0 Å². The first kappa shape index (κ1) is 9.76. The van der Waals surface area contributed by atoms with Crippen LogP contribution in [-0.2, 0) is 10.0 Å². The number of benzene rings is 1. The number of hydrogen-bond acceptors (Lipinski definition) is 3. The van der Waals surface area contributed by atoms with Crippen LogP contribution in [0.25, 0.3) is 0 Å². The maximum atomic E-state index is 11.0. The fourth-order valence-electron chi connectivity index (χ4n) is 0.872. The second-order valence-electron chi connectivity index (χ2n) is 2.28. The molecule has 0 aromatic heterocycles. The van der Waals surface area contributed by atoms with Crippen LogP contribution in [0, 0.1) is 0 Å². The van der Waals surface area contributed by atoms with E-state index in [4.69, 9.17) is 9.88 Å². The van der Waals surface area contributed by atoms with Crippen molar-refractivity contribution in [1.29, 1.82) is 0 Å². The second kappa shape index (κ2) is 3.59. The lowest BCUT2D eigenvalue weighted by molar-refractivity contribution is 0.468. The summed E-state index contributed by atoms with van der Waals surface area (Å²) in [6.07, 6.45) is 1.14. The molecule has 0 bridgehead atoms. The van der Waals surface area contributed by atoms with Gasteiger partial charge in [0.2, 0.25) is 10.0 Å². The van der Waals surface area contributed by atoms with Gasteiger partial charge >= 0.3 is 0 Å². The molecular formula is C8H9NO3S. The molecule has 13 heavy (non-hydrogen) atoms. The van der Waals surface area contributed by atoms with Crippen molar-refractivity contribution < 1.29 is 13.2 Å². The van der Waals surface area contributed by atoms with Crippen molar-refractivity contribution in [1.82, 2.24) is 0 Å². The van der Waals surface area contributed by atoms with E-state index in [0.29, 0.717) is 0 Å². The number of hydrogen-bond donors (Lipinski definition) is 1. The largest absolute Gasteiger partial charge is 0.464 e. The van der Waals surface area contributed by atoms with Gasteiger partial charge in [0.1, 0.15) is 10.6 Å². The maximum absolute atomic E-state index is 11.0. The molecule has 70 valence electrons. The van der Waals surface area contributed by atoms with Crippen LogP contribution in [0.1, 0.15) is 0 Å². The third-order valence-electron chi connectivity index (χ3n) is 1.37. The van der Waals surface area contributed by atoms with E-state index in [-0.39, 0.29) is 10.6 Å². The molecule has 4 nitrogen and oxygen atoms in total. The molecule has 2 N–H and O–H groups in total. The summed E-state index contributed by atoms with van der Waals surface area (Å²) in [6.45, 7) is 3.32. The number of para-hydroxylation sites is 1. The van der Waals surface area contributed by atoms with Gasteiger partial charge in [-0.15, -0.1) is 0 Å². The predicted octanol–water partition coefficient (Wildman–Crippen LogP) is 0.856. The Hall–Kier alpha value is -1.33. The Kier molecular flexibility index (Phi) is 2.69. The van der Waals surface area contributed by atoms with Crippen molar-refractivity contribution in [2.45, 2.75) is 4.90 Å². The van der Waals surface area contributed by atoms with Crippen LogP contribution in [0.5, 0.6) is 5.75 Å². The Balaban J connectivity index is 3.28. The lowest BCUT2D eigenvalue weighted by atomic mass is 10.3. The number of sulfonamides is 1. The molecule has 0 amide bonds. The molecule has 1 rings (SSSR count). The molecule has 0 saturated carbocycles. The Bertz CT molecular complexity index is 411. The van der Waals surface area contributed by atoms with E-state index in [1.807, 2.05) is 0 Å². The molecule has 0 radical (unpaired) electrons. The highest BCUT2D eigenvalue weighted by molar-refractivity contribution is 7.89. The van der Waals surface area contributed by atoms with Crippen LogP contribution in [-0.4, -0.2) is 8.42 Å². The Morgan fingerprint density at radius 2 is 2.00 bits per heavy atom. The first-order valence-corrected chi connectivity index (χ1v) is 4.99. The zero-order valence-electron chi connectivity index (χ0n) is 6.80. The van der Waals surface area contributed by atoms with Gasteiger partial charge in [-0.25, -0.2) is 13.6 Å². The summed E-state index contributed by atoms with van der Waals surface area (Å²) in [6, 6.07) is 6.08. The van der Waals surface area contributed by atoms with Gasteiger partial charge in [0.25, 0.3) is 0 Å². The molecule has 5 heteroatoms. The SMILES string of the molecule is C=COc1ccccc1S(N)(=O)=O. The van der Waals surface area contributed by atoms with Gasteiger partial charge in [0.05, 0.1) is 6.26 Å². The quantitative estimate of drug-likeness (QED) is 0.734. The molecule has 1 aromatic rings. The summed E-state index contributed by atoms with van der Waals surface area (Å²) >= 11 is 0. The van der Waals surface area contributed by atoms with Crippen molar-refractivity contribution in [2.24, 2.45) is 5.14 Å². The van der Waals surface area contributed by atoms with Crippen molar-refractivity contribution in [3.8, 4) is 5.75 Å². The van der Waals surface area contributed by atoms with E-state index in [1.54, 1.807) is 12.1 Å². The van der Waals surface area contributed by atoms with E-state index in [9.17, 15) is 8.42 Å². The van der Waals surface area contributed by atoms with Crippen molar-refractivity contribution in [2.75, 3.05) is 0 Å². The highest BCUT2D eigenvalue weighted by atomic mass is 32.2. The molecule has 0 fully saturated rings. The van der Waals surface area contributed by atoms with Gasteiger partial charge in [-0.2, -0.15) is 0 Å². The number of rotatable bonds is 3. The van der Waals surface area contributed by atoms with Crippen molar-refractivity contribution >= 4 is 10.0 Å². The van der Waals surface area contributed by atoms with E-state index in [1.165, 1.54) is 12.1 Å². The Labute approximate surface area is 76.7 Å². The monoisotopic (exact) mass is 199 g/mol.